The zero-order valence-electron chi connectivity index (χ0n) is 11.4. The van der Waals surface area contributed by atoms with Crippen LogP contribution in [0.25, 0.3) is 0 Å². The highest BCUT2D eigenvalue weighted by molar-refractivity contribution is 9.10. The summed E-state index contributed by atoms with van der Waals surface area (Å²) in [5.41, 5.74) is 2.25. The second-order valence-corrected chi connectivity index (χ2v) is 5.99. The molecule has 106 valence electrons. The van der Waals surface area contributed by atoms with Crippen molar-refractivity contribution in [2.45, 2.75) is 25.8 Å². The Labute approximate surface area is 133 Å². The molecule has 1 aromatic carbocycles. The van der Waals surface area contributed by atoms with E-state index in [1.165, 1.54) is 5.56 Å². The Morgan fingerprint density at radius 1 is 1.30 bits per heavy atom. The minimum absolute atomic E-state index is 0.206. The number of pyridine rings is 1. The predicted molar refractivity (Wildman–Crippen MR) is 88.1 cm³/mol. The maximum Gasteiger partial charge on any atom is 0.0422 e. The van der Waals surface area contributed by atoms with Gasteiger partial charge in [0, 0.05) is 33.8 Å². The first-order valence-corrected chi connectivity index (χ1v) is 7.96. The van der Waals surface area contributed by atoms with Crippen LogP contribution in [-0.2, 0) is 6.42 Å². The SMILES string of the molecule is CCCNC(Cc1ccccn1)c1cc(Cl)ccc1Br. The van der Waals surface area contributed by atoms with Gasteiger partial charge in [0.15, 0.2) is 0 Å². The lowest BCUT2D eigenvalue weighted by Gasteiger charge is -2.20. The molecule has 4 heteroatoms. The van der Waals surface area contributed by atoms with Gasteiger partial charge in [-0.3, -0.25) is 4.98 Å². The third-order valence-corrected chi connectivity index (χ3v) is 4.07. The Kier molecular flexibility index (Phi) is 6.02. The first-order chi connectivity index (χ1) is 9.70. The zero-order valence-corrected chi connectivity index (χ0v) is 13.8. The average Bonchev–Trinajstić information content (AvgIpc) is 2.47. The van der Waals surface area contributed by atoms with Crippen molar-refractivity contribution in [3.05, 3.63) is 63.3 Å². The fourth-order valence-electron chi connectivity index (χ4n) is 2.12. The van der Waals surface area contributed by atoms with Crippen LogP contribution in [0.1, 0.15) is 30.6 Å². The van der Waals surface area contributed by atoms with E-state index < -0.39 is 0 Å². The molecule has 0 aliphatic rings. The monoisotopic (exact) mass is 352 g/mol. The van der Waals surface area contributed by atoms with E-state index in [1.807, 2.05) is 36.5 Å². The van der Waals surface area contributed by atoms with Crippen molar-refractivity contribution >= 4 is 27.5 Å². The van der Waals surface area contributed by atoms with Crippen LogP contribution in [0.4, 0.5) is 0 Å². The van der Waals surface area contributed by atoms with Crippen molar-refractivity contribution in [1.29, 1.82) is 0 Å². The molecule has 2 rings (SSSR count). The molecule has 0 aliphatic carbocycles. The van der Waals surface area contributed by atoms with Gasteiger partial charge in [0.25, 0.3) is 0 Å². The van der Waals surface area contributed by atoms with Gasteiger partial charge in [-0.1, -0.05) is 40.5 Å². The van der Waals surface area contributed by atoms with Crippen molar-refractivity contribution in [3.63, 3.8) is 0 Å². The molecule has 1 atom stereocenters. The van der Waals surface area contributed by atoms with E-state index in [4.69, 9.17) is 11.6 Å². The van der Waals surface area contributed by atoms with Crippen molar-refractivity contribution in [1.82, 2.24) is 10.3 Å². The highest BCUT2D eigenvalue weighted by atomic mass is 79.9. The summed E-state index contributed by atoms with van der Waals surface area (Å²) in [5, 5.41) is 4.33. The van der Waals surface area contributed by atoms with Gasteiger partial charge in [-0.05, 0) is 48.9 Å². The number of halogens is 2. The molecule has 0 aliphatic heterocycles. The van der Waals surface area contributed by atoms with E-state index in [0.717, 1.165) is 34.6 Å². The van der Waals surface area contributed by atoms with Gasteiger partial charge in [0.1, 0.15) is 0 Å². The van der Waals surface area contributed by atoms with E-state index >= 15 is 0 Å². The second-order valence-electron chi connectivity index (χ2n) is 4.70. The molecule has 0 amide bonds. The first kappa shape index (κ1) is 15.5. The molecule has 2 aromatic rings. The van der Waals surface area contributed by atoms with Crippen molar-refractivity contribution in [3.8, 4) is 0 Å². The number of nitrogens with zero attached hydrogens (tertiary/aromatic N) is 1. The summed E-state index contributed by atoms with van der Waals surface area (Å²) in [6.07, 6.45) is 3.77. The summed E-state index contributed by atoms with van der Waals surface area (Å²) in [6.45, 7) is 3.13. The molecule has 2 nitrogen and oxygen atoms in total. The highest BCUT2D eigenvalue weighted by Gasteiger charge is 2.15. The number of aromatic nitrogens is 1. The van der Waals surface area contributed by atoms with Gasteiger partial charge < -0.3 is 5.32 Å². The minimum atomic E-state index is 0.206. The average molecular weight is 354 g/mol. The normalized spacial score (nSPS) is 12.3. The van der Waals surface area contributed by atoms with Gasteiger partial charge in [0.05, 0.1) is 0 Å². The van der Waals surface area contributed by atoms with E-state index in [2.05, 4.69) is 39.2 Å². The van der Waals surface area contributed by atoms with Crippen LogP contribution in [-0.4, -0.2) is 11.5 Å². The number of nitrogens with one attached hydrogen (secondary N) is 1. The van der Waals surface area contributed by atoms with Crippen molar-refractivity contribution in [2.24, 2.45) is 0 Å². The third kappa shape index (κ3) is 4.30. The van der Waals surface area contributed by atoms with Crippen LogP contribution in [0.2, 0.25) is 5.02 Å². The maximum absolute atomic E-state index is 6.13. The molecule has 1 heterocycles. The van der Waals surface area contributed by atoms with Crippen LogP contribution < -0.4 is 5.32 Å². The molecule has 0 fully saturated rings. The zero-order chi connectivity index (χ0) is 14.4. The van der Waals surface area contributed by atoms with Crippen molar-refractivity contribution < 1.29 is 0 Å². The van der Waals surface area contributed by atoms with Crippen LogP contribution >= 0.6 is 27.5 Å². The first-order valence-electron chi connectivity index (χ1n) is 6.79. The largest absolute Gasteiger partial charge is 0.310 e. The maximum atomic E-state index is 6.13. The Morgan fingerprint density at radius 2 is 2.15 bits per heavy atom. The summed E-state index contributed by atoms with van der Waals surface area (Å²) in [6, 6.07) is 12.1. The highest BCUT2D eigenvalue weighted by Crippen LogP contribution is 2.28. The summed E-state index contributed by atoms with van der Waals surface area (Å²) >= 11 is 9.75. The van der Waals surface area contributed by atoms with E-state index in [0.29, 0.717) is 0 Å². The molecular formula is C16H18BrClN2. The molecule has 0 radical (unpaired) electrons. The van der Waals surface area contributed by atoms with Crippen LogP contribution in [0, 0.1) is 0 Å². The second kappa shape index (κ2) is 7.77. The minimum Gasteiger partial charge on any atom is -0.310 e. The smallest absolute Gasteiger partial charge is 0.0422 e. The van der Waals surface area contributed by atoms with E-state index in [9.17, 15) is 0 Å². The van der Waals surface area contributed by atoms with Crippen LogP contribution in [0.15, 0.2) is 47.1 Å². The topological polar surface area (TPSA) is 24.9 Å². The molecule has 0 spiro atoms. The molecule has 0 bridgehead atoms. The number of rotatable bonds is 6. The summed E-state index contributed by atoms with van der Waals surface area (Å²) in [5.74, 6) is 0. The Balaban J connectivity index is 2.24. The number of benzene rings is 1. The molecule has 1 N–H and O–H groups in total. The van der Waals surface area contributed by atoms with Crippen molar-refractivity contribution in [2.75, 3.05) is 6.54 Å². The quantitative estimate of drug-likeness (QED) is 0.808. The van der Waals surface area contributed by atoms with Crippen LogP contribution in [0.3, 0.4) is 0 Å². The van der Waals surface area contributed by atoms with Gasteiger partial charge in [-0.25, -0.2) is 0 Å². The molecular weight excluding hydrogens is 336 g/mol. The number of hydrogen-bond acceptors (Lipinski definition) is 2. The molecule has 1 aromatic heterocycles. The fourth-order valence-corrected chi connectivity index (χ4v) is 2.82. The van der Waals surface area contributed by atoms with Gasteiger partial charge >= 0.3 is 0 Å². The summed E-state index contributed by atoms with van der Waals surface area (Å²) in [7, 11) is 0. The summed E-state index contributed by atoms with van der Waals surface area (Å²) in [4.78, 5) is 4.42. The van der Waals surface area contributed by atoms with E-state index in [-0.39, 0.29) is 6.04 Å². The molecule has 20 heavy (non-hydrogen) atoms. The lowest BCUT2D eigenvalue weighted by atomic mass is 10.0. The summed E-state index contributed by atoms with van der Waals surface area (Å²) < 4.78 is 1.08. The standard InChI is InChI=1S/C16H18BrClN2/c1-2-8-20-16(11-13-5-3-4-9-19-13)14-10-12(18)6-7-15(14)17/h3-7,9-10,16,20H,2,8,11H2,1H3. The fraction of sp³-hybridized carbons (Fsp3) is 0.312. The van der Waals surface area contributed by atoms with Gasteiger partial charge in [-0.15, -0.1) is 0 Å². The number of hydrogen-bond donors (Lipinski definition) is 1. The molecule has 0 saturated heterocycles. The lowest BCUT2D eigenvalue weighted by molar-refractivity contribution is 0.523. The Morgan fingerprint density at radius 3 is 2.85 bits per heavy atom. The Hall–Kier alpha value is -0.900. The third-order valence-electron chi connectivity index (χ3n) is 3.11. The van der Waals surface area contributed by atoms with Crippen LogP contribution in [0.5, 0.6) is 0 Å². The molecule has 1 unspecified atom stereocenters. The van der Waals surface area contributed by atoms with Gasteiger partial charge in [-0.2, -0.15) is 0 Å². The lowest BCUT2D eigenvalue weighted by Crippen LogP contribution is -2.24. The Bertz CT molecular complexity index is 545. The molecule has 0 saturated carbocycles. The van der Waals surface area contributed by atoms with E-state index in [1.54, 1.807) is 0 Å². The van der Waals surface area contributed by atoms with Gasteiger partial charge in [0.2, 0.25) is 0 Å². The predicted octanol–water partition coefficient (Wildman–Crippen LogP) is 4.78.